The number of primary amides is 1. The predicted molar refractivity (Wildman–Crippen MR) is 59.8 cm³/mol. The van der Waals surface area contributed by atoms with E-state index in [9.17, 15) is 4.79 Å². The molecule has 3 nitrogen and oxygen atoms in total. The summed E-state index contributed by atoms with van der Waals surface area (Å²) in [6.07, 6.45) is 1.11. The van der Waals surface area contributed by atoms with E-state index >= 15 is 0 Å². The second-order valence-corrected chi connectivity index (χ2v) is 3.63. The van der Waals surface area contributed by atoms with Gasteiger partial charge in [-0.05, 0) is 30.0 Å². The van der Waals surface area contributed by atoms with Crippen LogP contribution in [-0.4, -0.2) is 12.5 Å². The fraction of sp³-hybridized carbons (Fsp3) is 0.417. The molecular weight excluding hydrogens is 190 g/mol. The molecule has 1 aromatic rings. The fourth-order valence-electron chi connectivity index (χ4n) is 1.28. The van der Waals surface area contributed by atoms with E-state index < -0.39 is 5.91 Å². The number of benzene rings is 1. The van der Waals surface area contributed by atoms with Gasteiger partial charge >= 0.3 is 0 Å². The van der Waals surface area contributed by atoms with Gasteiger partial charge < -0.3 is 10.5 Å². The minimum absolute atomic E-state index is 0.0668. The molecule has 1 amide bonds. The van der Waals surface area contributed by atoms with Crippen molar-refractivity contribution < 1.29 is 9.53 Å². The van der Waals surface area contributed by atoms with Gasteiger partial charge in [0.05, 0.1) is 0 Å². The molecule has 0 bridgehead atoms. The number of nitrogens with two attached hydrogens (primary N) is 1. The van der Waals surface area contributed by atoms with Crippen LogP contribution in [0.2, 0.25) is 0 Å². The summed E-state index contributed by atoms with van der Waals surface area (Å²) in [5.74, 6) is 0.775. The number of hydrogen-bond acceptors (Lipinski definition) is 2. The third kappa shape index (κ3) is 3.62. The van der Waals surface area contributed by atoms with Crippen LogP contribution in [0.4, 0.5) is 0 Å². The zero-order chi connectivity index (χ0) is 11.3. The molecule has 82 valence electrons. The van der Waals surface area contributed by atoms with Gasteiger partial charge in [-0.1, -0.05) is 26.0 Å². The Kier molecular flexibility index (Phi) is 4.16. The van der Waals surface area contributed by atoms with E-state index in [0.29, 0.717) is 11.7 Å². The summed E-state index contributed by atoms with van der Waals surface area (Å²) in [4.78, 5) is 10.5. The first kappa shape index (κ1) is 11.6. The average Bonchev–Trinajstić information content (AvgIpc) is 2.26. The van der Waals surface area contributed by atoms with Crippen molar-refractivity contribution in [2.75, 3.05) is 6.61 Å². The maximum atomic E-state index is 10.5. The van der Waals surface area contributed by atoms with Crippen molar-refractivity contribution in [1.82, 2.24) is 0 Å². The predicted octanol–water partition coefficient (Wildman–Crippen LogP) is 2.06. The van der Waals surface area contributed by atoms with Crippen LogP contribution < -0.4 is 10.5 Å². The Morgan fingerprint density at radius 2 is 2.00 bits per heavy atom. The normalized spacial score (nSPS) is 12.1. The van der Waals surface area contributed by atoms with Gasteiger partial charge in [-0.3, -0.25) is 4.79 Å². The van der Waals surface area contributed by atoms with Crippen molar-refractivity contribution in [3.05, 3.63) is 29.8 Å². The molecule has 0 aliphatic carbocycles. The highest BCUT2D eigenvalue weighted by Gasteiger charge is 2.03. The Labute approximate surface area is 90.2 Å². The Balaban J connectivity index is 2.60. The molecule has 0 saturated heterocycles. The zero-order valence-corrected chi connectivity index (χ0v) is 9.19. The van der Waals surface area contributed by atoms with E-state index in [1.54, 1.807) is 0 Å². The number of carbonyl (C=O) groups is 1. The Hall–Kier alpha value is -1.51. The SMILES string of the molecule is CC[C@@H](C)c1ccc(OCC(N)=O)cc1. The third-order valence-electron chi connectivity index (χ3n) is 2.44. The van der Waals surface area contributed by atoms with Gasteiger partial charge in [0.25, 0.3) is 5.91 Å². The maximum Gasteiger partial charge on any atom is 0.255 e. The Bertz CT molecular complexity index is 319. The molecule has 0 aromatic heterocycles. The first-order valence-electron chi connectivity index (χ1n) is 5.14. The van der Waals surface area contributed by atoms with E-state index in [1.807, 2.05) is 24.3 Å². The van der Waals surface area contributed by atoms with Gasteiger partial charge in [-0.2, -0.15) is 0 Å². The first-order chi connectivity index (χ1) is 7.13. The lowest BCUT2D eigenvalue weighted by Gasteiger charge is -2.09. The topological polar surface area (TPSA) is 52.3 Å². The van der Waals surface area contributed by atoms with Crippen molar-refractivity contribution in [2.45, 2.75) is 26.2 Å². The van der Waals surface area contributed by atoms with Crippen molar-refractivity contribution in [2.24, 2.45) is 5.73 Å². The lowest BCUT2D eigenvalue weighted by molar-refractivity contribution is -0.119. The minimum Gasteiger partial charge on any atom is -0.484 e. The van der Waals surface area contributed by atoms with Crippen molar-refractivity contribution in [1.29, 1.82) is 0 Å². The van der Waals surface area contributed by atoms with Crippen molar-refractivity contribution in [3.63, 3.8) is 0 Å². The molecule has 1 aromatic carbocycles. The molecule has 0 radical (unpaired) electrons. The molecule has 0 aliphatic rings. The number of carbonyl (C=O) groups excluding carboxylic acids is 1. The van der Waals surface area contributed by atoms with Crippen LogP contribution in [-0.2, 0) is 4.79 Å². The molecular formula is C12H17NO2. The van der Waals surface area contributed by atoms with E-state index in [2.05, 4.69) is 13.8 Å². The Morgan fingerprint density at radius 1 is 1.40 bits per heavy atom. The molecule has 0 heterocycles. The highest BCUT2D eigenvalue weighted by atomic mass is 16.5. The van der Waals surface area contributed by atoms with Crippen LogP contribution >= 0.6 is 0 Å². The molecule has 0 unspecified atom stereocenters. The van der Waals surface area contributed by atoms with Crippen LogP contribution in [0.5, 0.6) is 5.75 Å². The highest BCUT2D eigenvalue weighted by Crippen LogP contribution is 2.21. The van der Waals surface area contributed by atoms with Crippen LogP contribution in [0.15, 0.2) is 24.3 Å². The third-order valence-corrected chi connectivity index (χ3v) is 2.44. The monoisotopic (exact) mass is 207 g/mol. The quantitative estimate of drug-likeness (QED) is 0.803. The summed E-state index contributed by atoms with van der Waals surface area (Å²) in [5, 5.41) is 0. The minimum atomic E-state index is -0.457. The van der Waals surface area contributed by atoms with Crippen LogP contribution in [0.3, 0.4) is 0 Å². The summed E-state index contributed by atoms with van der Waals surface area (Å²) in [6.45, 7) is 4.27. The smallest absolute Gasteiger partial charge is 0.255 e. The van der Waals surface area contributed by atoms with Gasteiger partial charge in [0.15, 0.2) is 6.61 Å². The summed E-state index contributed by atoms with van der Waals surface area (Å²) in [6, 6.07) is 7.77. The largest absolute Gasteiger partial charge is 0.484 e. The van der Waals surface area contributed by atoms with Gasteiger partial charge in [-0.25, -0.2) is 0 Å². The molecule has 15 heavy (non-hydrogen) atoms. The molecule has 1 rings (SSSR count). The van der Waals surface area contributed by atoms with Gasteiger partial charge in [0.1, 0.15) is 5.75 Å². The van der Waals surface area contributed by atoms with Crippen LogP contribution in [0.25, 0.3) is 0 Å². The lowest BCUT2D eigenvalue weighted by Crippen LogP contribution is -2.19. The summed E-state index contributed by atoms with van der Waals surface area (Å²) in [7, 11) is 0. The first-order valence-corrected chi connectivity index (χ1v) is 5.14. The lowest BCUT2D eigenvalue weighted by atomic mass is 9.99. The number of hydrogen-bond donors (Lipinski definition) is 1. The number of rotatable bonds is 5. The van der Waals surface area contributed by atoms with Gasteiger partial charge in [0.2, 0.25) is 0 Å². The van der Waals surface area contributed by atoms with E-state index in [4.69, 9.17) is 10.5 Å². The fourth-order valence-corrected chi connectivity index (χ4v) is 1.28. The van der Waals surface area contributed by atoms with E-state index in [1.165, 1.54) is 5.56 Å². The summed E-state index contributed by atoms with van der Waals surface area (Å²) >= 11 is 0. The molecule has 0 spiro atoms. The van der Waals surface area contributed by atoms with E-state index in [-0.39, 0.29) is 6.61 Å². The molecule has 0 fully saturated rings. The van der Waals surface area contributed by atoms with Crippen molar-refractivity contribution >= 4 is 5.91 Å². The highest BCUT2D eigenvalue weighted by molar-refractivity contribution is 5.75. The Morgan fingerprint density at radius 3 is 2.47 bits per heavy atom. The maximum absolute atomic E-state index is 10.5. The molecule has 0 aliphatic heterocycles. The van der Waals surface area contributed by atoms with Crippen LogP contribution in [0.1, 0.15) is 31.7 Å². The van der Waals surface area contributed by atoms with Gasteiger partial charge in [0, 0.05) is 0 Å². The zero-order valence-electron chi connectivity index (χ0n) is 9.19. The second kappa shape index (κ2) is 5.39. The van der Waals surface area contributed by atoms with Crippen LogP contribution in [0, 0.1) is 0 Å². The summed E-state index contributed by atoms with van der Waals surface area (Å²) < 4.78 is 5.16. The average molecular weight is 207 g/mol. The summed E-state index contributed by atoms with van der Waals surface area (Å²) in [5.41, 5.74) is 6.26. The number of ether oxygens (including phenoxy) is 1. The molecule has 2 N–H and O–H groups in total. The van der Waals surface area contributed by atoms with E-state index in [0.717, 1.165) is 6.42 Å². The molecule has 3 heteroatoms. The number of amides is 1. The van der Waals surface area contributed by atoms with Gasteiger partial charge in [-0.15, -0.1) is 0 Å². The second-order valence-electron chi connectivity index (χ2n) is 3.63. The standard InChI is InChI=1S/C12H17NO2/c1-3-9(2)10-4-6-11(7-5-10)15-8-12(13)14/h4-7,9H,3,8H2,1-2H3,(H2,13,14)/t9-/m1/s1. The molecule has 1 atom stereocenters. The molecule has 0 saturated carbocycles. The van der Waals surface area contributed by atoms with Crippen molar-refractivity contribution in [3.8, 4) is 5.75 Å².